The minimum absolute atomic E-state index is 0.00764. The van der Waals surface area contributed by atoms with Crippen molar-refractivity contribution >= 4 is 5.78 Å². The van der Waals surface area contributed by atoms with E-state index in [-0.39, 0.29) is 17.3 Å². The third-order valence-electron chi connectivity index (χ3n) is 4.07. The van der Waals surface area contributed by atoms with Crippen LogP contribution in [-0.4, -0.2) is 29.2 Å². The van der Waals surface area contributed by atoms with E-state index in [1.807, 2.05) is 0 Å². The van der Waals surface area contributed by atoms with Gasteiger partial charge in [-0.1, -0.05) is 19.3 Å². The molecule has 1 aliphatic heterocycles. The number of hydrogen-bond acceptors (Lipinski definition) is 3. The van der Waals surface area contributed by atoms with Crippen LogP contribution in [0.25, 0.3) is 0 Å². The lowest BCUT2D eigenvalue weighted by molar-refractivity contribution is -0.148. The molecular weight excluding hydrogens is 204 g/mol. The summed E-state index contributed by atoms with van der Waals surface area (Å²) in [6, 6.07) is 0. The third-order valence-corrected chi connectivity index (χ3v) is 4.07. The van der Waals surface area contributed by atoms with Crippen molar-refractivity contribution in [2.75, 3.05) is 6.61 Å². The van der Waals surface area contributed by atoms with Crippen LogP contribution in [-0.2, 0) is 9.53 Å². The van der Waals surface area contributed by atoms with Crippen molar-refractivity contribution in [1.29, 1.82) is 0 Å². The van der Waals surface area contributed by atoms with Crippen molar-refractivity contribution in [1.82, 2.24) is 0 Å². The highest BCUT2D eigenvalue weighted by molar-refractivity contribution is 5.84. The molecule has 16 heavy (non-hydrogen) atoms. The first-order valence-corrected chi connectivity index (χ1v) is 6.49. The fourth-order valence-corrected chi connectivity index (χ4v) is 3.16. The Morgan fingerprint density at radius 1 is 1.38 bits per heavy atom. The molecule has 3 heteroatoms. The molecule has 1 heterocycles. The lowest BCUT2D eigenvalue weighted by atomic mass is 9.74. The number of aliphatic hydroxyl groups excluding tert-OH is 1. The number of rotatable bonds is 2. The second-order valence-corrected chi connectivity index (χ2v) is 5.36. The molecule has 2 unspecified atom stereocenters. The highest BCUT2D eigenvalue weighted by Crippen LogP contribution is 2.41. The Morgan fingerprint density at radius 3 is 2.69 bits per heavy atom. The van der Waals surface area contributed by atoms with Crippen molar-refractivity contribution in [2.45, 2.75) is 63.6 Å². The van der Waals surface area contributed by atoms with Gasteiger partial charge in [-0.25, -0.2) is 0 Å². The first kappa shape index (κ1) is 12.1. The first-order valence-electron chi connectivity index (χ1n) is 6.49. The molecule has 1 saturated carbocycles. The van der Waals surface area contributed by atoms with E-state index in [1.54, 1.807) is 6.92 Å². The van der Waals surface area contributed by atoms with Crippen LogP contribution in [0.3, 0.4) is 0 Å². The summed E-state index contributed by atoms with van der Waals surface area (Å²) in [6.45, 7) is 2.26. The molecule has 1 spiro atoms. The fraction of sp³-hybridized carbons (Fsp3) is 0.923. The molecule has 92 valence electrons. The standard InChI is InChI=1S/C13H22O3/c1-10(14)12(15)11-5-8-16-13(9-11)6-3-2-4-7-13/h10-11,14H,2-9H2,1H3. The van der Waals surface area contributed by atoms with Crippen LogP contribution >= 0.6 is 0 Å². The molecule has 2 atom stereocenters. The third kappa shape index (κ3) is 2.46. The predicted molar refractivity (Wildman–Crippen MR) is 61.2 cm³/mol. The summed E-state index contributed by atoms with van der Waals surface area (Å²) in [5, 5.41) is 9.37. The molecule has 0 aromatic heterocycles. The summed E-state index contributed by atoms with van der Waals surface area (Å²) in [7, 11) is 0. The average molecular weight is 226 g/mol. The van der Waals surface area contributed by atoms with E-state index >= 15 is 0 Å². The maximum absolute atomic E-state index is 11.8. The first-order chi connectivity index (χ1) is 7.63. The van der Waals surface area contributed by atoms with E-state index in [2.05, 4.69) is 0 Å². The molecule has 1 N–H and O–H groups in total. The van der Waals surface area contributed by atoms with Crippen molar-refractivity contribution < 1.29 is 14.6 Å². The lowest BCUT2D eigenvalue weighted by Crippen LogP contribution is -2.44. The maximum atomic E-state index is 11.8. The number of hydrogen-bond donors (Lipinski definition) is 1. The number of carbonyl (C=O) groups excluding carboxylic acids is 1. The number of carbonyl (C=O) groups is 1. The van der Waals surface area contributed by atoms with Gasteiger partial charge in [-0.2, -0.15) is 0 Å². The summed E-state index contributed by atoms with van der Waals surface area (Å²) < 4.78 is 5.93. The Hall–Kier alpha value is -0.410. The van der Waals surface area contributed by atoms with Gasteiger partial charge in [0.25, 0.3) is 0 Å². The molecule has 0 radical (unpaired) electrons. The van der Waals surface area contributed by atoms with Crippen LogP contribution in [0.4, 0.5) is 0 Å². The van der Waals surface area contributed by atoms with Gasteiger partial charge in [0.05, 0.1) is 5.60 Å². The van der Waals surface area contributed by atoms with E-state index in [1.165, 1.54) is 19.3 Å². The molecule has 3 nitrogen and oxygen atoms in total. The highest BCUT2D eigenvalue weighted by atomic mass is 16.5. The van der Waals surface area contributed by atoms with Gasteiger partial charge in [0.1, 0.15) is 6.10 Å². The Bertz CT molecular complexity index is 248. The summed E-state index contributed by atoms with van der Waals surface area (Å²) in [5.74, 6) is 0.0279. The molecule has 0 amide bonds. The van der Waals surface area contributed by atoms with Crippen molar-refractivity contribution in [2.24, 2.45) is 5.92 Å². The van der Waals surface area contributed by atoms with Crippen molar-refractivity contribution in [3.8, 4) is 0 Å². The Kier molecular flexibility index (Phi) is 3.65. The average Bonchev–Trinajstić information content (AvgIpc) is 2.29. The second kappa shape index (κ2) is 4.84. The van der Waals surface area contributed by atoms with Crippen molar-refractivity contribution in [3.05, 3.63) is 0 Å². The molecule has 2 rings (SSSR count). The highest BCUT2D eigenvalue weighted by Gasteiger charge is 2.41. The van der Waals surface area contributed by atoms with E-state index in [4.69, 9.17) is 4.74 Å². The minimum Gasteiger partial charge on any atom is -0.386 e. The summed E-state index contributed by atoms with van der Waals surface area (Å²) in [5.41, 5.74) is -0.0360. The summed E-state index contributed by atoms with van der Waals surface area (Å²) in [4.78, 5) is 11.8. The fourth-order valence-electron chi connectivity index (χ4n) is 3.16. The van der Waals surface area contributed by atoms with Gasteiger partial charge in [-0.15, -0.1) is 0 Å². The lowest BCUT2D eigenvalue weighted by Gasteiger charge is -2.43. The van der Waals surface area contributed by atoms with Gasteiger partial charge in [-0.3, -0.25) is 4.79 Å². The Morgan fingerprint density at radius 2 is 2.06 bits per heavy atom. The predicted octanol–water partition coefficient (Wildman–Crippen LogP) is 2.07. The summed E-state index contributed by atoms with van der Waals surface area (Å²) in [6.07, 6.45) is 6.71. The van der Waals surface area contributed by atoms with Gasteiger partial charge < -0.3 is 9.84 Å². The van der Waals surface area contributed by atoms with Gasteiger partial charge in [0.2, 0.25) is 0 Å². The maximum Gasteiger partial charge on any atom is 0.164 e. The smallest absolute Gasteiger partial charge is 0.164 e. The minimum atomic E-state index is -0.816. The van der Waals surface area contributed by atoms with E-state index in [0.29, 0.717) is 6.61 Å². The molecule has 0 aromatic carbocycles. The Labute approximate surface area is 97.2 Å². The topological polar surface area (TPSA) is 46.5 Å². The van der Waals surface area contributed by atoms with Crippen LogP contribution in [0, 0.1) is 5.92 Å². The molecule has 2 aliphatic rings. The van der Waals surface area contributed by atoms with Crippen LogP contribution < -0.4 is 0 Å². The molecule has 0 bridgehead atoms. The van der Waals surface area contributed by atoms with Gasteiger partial charge >= 0.3 is 0 Å². The number of ketones is 1. The van der Waals surface area contributed by atoms with Crippen LogP contribution in [0.2, 0.25) is 0 Å². The van der Waals surface area contributed by atoms with Gasteiger partial charge in [0.15, 0.2) is 5.78 Å². The van der Waals surface area contributed by atoms with Crippen LogP contribution in [0.1, 0.15) is 51.9 Å². The van der Waals surface area contributed by atoms with E-state index in [9.17, 15) is 9.90 Å². The van der Waals surface area contributed by atoms with E-state index < -0.39 is 6.10 Å². The zero-order valence-electron chi connectivity index (χ0n) is 10.1. The number of Topliss-reactive ketones (excluding diaryl/α,β-unsaturated/α-hetero) is 1. The SMILES string of the molecule is CC(O)C(=O)C1CCOC2(CCCCC2)C1. The molecule has 0 aromatic rings. The molecule has 2 fully saturated rings. The van der Waals surface area contributed by atoms with Crippen molar-refractivity contribution in [3.63, 3.8) is 0 Å². The van der Waals surface area contributed by atoms with Crippen LogP contribution in [0.15, 0.2) is 0 Å². The van der Waals surface area contributed by atoms with E-state index in [0.717, 1.165) is 25.7 Å². The Balaban J connectivity index is 2.00. The normalized spacial score (nSPS) is 31.2. The monoisotopic (exact) mass is 226 g/mol. The molecule has 1 aliphatic carbocycles. The number of aliphatic hydroxyl groups is 1. The molecular formula is C13H22O3. The zero-order chi connectivity index (χ0) is 11.6. The summed E-state index contributed by atoms with van der Waals surface area (Å²) >= 11 is 0. The zero-order valence-corrected chi connectivity index (χ0v) is 10.1. The molecule has 1 saturated heterocycles. The van der Waals surface area contributed by atoms with Crippen LogP contribution in [0.5, 0.6) is 0 Å². The quantitative estimate of drug-likeness (QED) is 0.784. The van der Waals surface area contributed by atoms with Gasteiger partial charge in [0, 0.05) is 12.5 Å². The number of ether oxygens (including phenoxy) is 1. The largest absolute Gasteiger partial charge is 0.386 e. The van der Waals surface area contributed by atoms with Gasteiger partial charge in [-0.05, 0) is 32.6 Å². The second-order valence-electron chi connectivity index (χ2n) is 5.36.